The molecule has 0 fully saturated rings. The lowest BCUT2D eigenvalue weighted by Crippen LogP contribution is -2.42. The van der Waals surface area contributed by atoms with Gasteiger partial charge in [0.2, 0.25) is 5.91 Å². The first-order valence-electron chi connectivity index (χ1n) is 5.41. The maximum absolute atomic E-state index is 12.0. The highest BCUT2D eigenvalue weighted by atomic mass is 32.1. The van der Waals surface area contributed by atoms with E-state index in [0.29, 0.717) is 6.54 Å². The number of likely N-dealkylation sites (N-methyl/N-ethyl adjacent to an activating group) is 1. The number of thiophene rings is 1. The predicted octanol–water partition coefficient (Wildman–Crippen LogP) is 1.70. The largest absolute Gasteiger partial charge is 0.354 e. The number of hydrogen-bond donors (Lipinski definition) is 1. The molecule has 0 spiro atoms. The summed E-state index contributed by atoms with van der Waals surface area (Å²) in [4.78, 5) is 15.2. The maximum atomic E-state index is 12.0. The number of nitrogens with one attached hydrogen (secondary N) is 1. The molecule has 0 radical (unpaired) electrons. The van der Waals surface area contributed by atoms with Crippen LogP contribution < -0.4 is 5.32 Å². The number of amides is 1. The van der Waals surface area contributed by atoms with Crippen molar-refractivity contribution in [2.24, 2.45) is 0 Å². The van der Waals surface area contributed by atoms with Crippen LogP contribution in [0, 0.1) is 0 Å². The van der Waals surface area contributed by atoms with Crippen LogP contribution in [0.2, 0.25) is 0 Å². The highest BCUT2D eigenvalue weighted by molar-refractivity contribution is 7.10. The summed E-state index contributed by atoms with van der Waals surface area (Å²) < 4.78 is 0. The van der Waals surface area contributed by atoms with Gasteiger partial charge in [-0.15, -0.1) is 11.3 Å². The lowest BCUT2D eigenvalue weighted by atomic mass is 9.90. The lowest BCUT2D eigenvalue weighted by Gasteiger charge is -2.22. The molecule has 0 saturated carbocycles. The Labute approximate surface area is 101 Å². The Morgan fingerprint density at radius 1 is 1.50 bits per heavy atom. The van der Waals surface area contributed by atoms with E-state index in [0.717, 1.165) is 11.4 Å². The molecule has 0 aliphatic heterocycles. The molecule has 1 amide bonds. The average Bonchev–Trinajstić information content (AvgIpc) is 2.69. The molecule has 1 aromatic heterocycles. The SMILES string of the molecule is CN(C)CCNC(=O)C(C)(C)c1cccs1. The molecule has 16 heavy (non-hydrogen) atoms. The van der Waals surface area contributed by atoms with Crippen molar-refractivity contribution >= 4 is 17.2 Å². The lowest BCUT2D eigenvalue weighted by molar-refractivity contribution is -0.125. The van der Waals surface area contributed by atoms with E-state index < -0.39 is 5.41 Å². The zero-order valence-electron chi connectivity index (χ0n) is 10.4. The van der Waals surface area contributed by atoms with Crippen LogP contribution >= 0.6 is 11.3 Å². The van der Waals surface area contributed by atoms with Crippen molar-refractivity contribution in [3.05, 3.63) is 22.4 Å². The van der Waals surface area contributed by atoms with E-state index >= 15 is 0 Å². The molecular formula is C12H20N2OS. The molecule has 0 unspecified atom stereocenters. The molecule has 0 aromatic carbocycles. The van der Waals surface area contributed by atoms with E-state index in [9.17, 15) is 4.79 Å². The van der Waals surface area contributed by atoms with Crippen LogP contribution in [0.5, 0.6) is 0 Å². The highest BCUT2D eigenvalue weighted by Gasteiger charge is 2.30. The van der Waals surface area contributed by atoms with E-state index in [-0.39, 0.29) is 5.91 Å². The highest BCUT2D eigenvalue weighted by Crippen LogP contribution is 2.27. The van der Waals surface area contributed by atoms with Gasteiger partial charge in [-0.05, 0) is 39.4 Å². The zero-order valence-corrected chi connectivity index (χ0v) is 11.2. The molecule has 1 aromatic rings. The fourth-order valence-electron chi connectivity index (χ4n) is 1.36. The predicted molar refractivity (Wildman–Crippen MR) is 68.9 cm³/mol. The molecule has 4 heteroatoms. The van der Waals surface area contributed by atoms with Gasteiger partial charge in [-0.2, -0.15) is 0 Å². The van der Waals surface area contributed by atoms with Gasteiger partial charge < -0.3 is 10.2 Å². The van der Waals surface area contributed by atoms with Crippen LogP contribution in [-0.4, -0.2) is 38.0 Å². The van der Waals surface area contributed by atoms with Crippen molar-refractivity contribution in [2.75, 3.05) is 27.2 Å². The van der Waals surface area contributed by atoms with Gasteiger partial charge in [0, 0.05) is 18.0 Å². The molecule has 1 heterocycles. The number of carbonyl (C=O) groups excluding carboxylic acids is 1. The molecule has 0 aliphatic carbocycles. The summed E-state index contributed by atoms with van der Waals surface area (Å²) in [7, 11) is 3.99. The minimum Gasteiger partial charge on any atom is -0.354 e. The number of nitrogens with zero attached hydrogens (tertiary/aromatic N) is 1. The first-order valence-corrected chi connectivity index (χ1v) is 6.29. The van der Waals surface area contributed by atoms with E-state index in [2.05, 4.69) is 10.2 Å². The normalized spacial score (nSPS) is 11.8. The van der Waals surface area contributed by atoms with Crippen molar-refractivity contribution in [3.8, 4) is 0 Å². The third kappa shape index (κ3) is 3.32. The topological polar surface area (TPSA) is 32.3 Å². The van der Waals surface area contributed by atoms with Gasteiger partial charge in [-0.25, -0.2) is 0 Å². The van der Waals surface area contributed by atoms with Crippen molar-refractivity contribution in [1.82, 2.24) is 10.2 Å². The van der Waals surface area contributed by atoms with Crippen LogP contribution in [0.4, 0.5) is 0 Å². The Kier molecular flexibility index (Phi) is 4.50. The van der Waals surface area contributed by atoms with E-state index in [1.165, 1.54) is 0 Å². The molecule has 1 rings (SSSR count). The Morgan fingerprint density at radius 2 is 2.19 bits per heavy atom. The summed E-state index contributed by atoms with van der Waals surface area (Å²) in [5, 5.41) is 4.97. The molecule has 0 bridgehead atoms. The van der Waals surface area contributed by atoms with E-state index in [1.807, 2.05) is 45.5 Å². The first-order chi connectivity index (χ1) is 7.44. The standard InChI is InChI=1S/C12H20N2OS/c1-12(2,10-6-5-9-16-10)11(15)13-7-8-14(3)4/h5-6,9H,7-8H2,1-4H3,(H,13,15). The monoisotopic (exact) mass is 240 g/mol. The van der Waals surface area contributed by atoms with Crippen LogP contribution in [-0.2, 0) is 10.2 Å². The Balaban J connectivity index is 2.53. The van der Waals surface area contributed by atoms with Gasteiger partial charge in [-0.3, -0.25) is 4.79 Å². The van der Waals surface area contributed by atoms with Crippen molar-refractivity contribution in [2.45, 2.75) is 19.3 Å². The van der Waals surface area contributed by atoms with Crippen LogP contribution in [0.15, 0.2) is 17.5 Å². The molecule has 3 nitrogen and oxygen atoms in total. The van der Waals surface area contributed by atoms with Crippen LogP contribution in [0.25, 0.3) is 0 Å². The number of rotatable bonds is 5. The molecule has 1 N–H and O–H groups in total. The quantitative estimate of drug-likeness (QED) is 0.849. The van der Waals surface area contributed by atoms with Gasteiger partial charge in [0.25, 0.3) is 0 Å². The zero-order chi connectivity index (χ0) is 12.2. The number of hydrogen-bond acceptors (Lipinski definition) is 3. The summed E-state index contributed by atoms with van der Waals surface area (Å²) >= 11 is 1.63. The summed E-state index contributed by atoms with van der Waals surface area (Å²) in [5.41, 5.74) is -0.430. The van der Waals surface area contributed by atoms with Gasteiger partial charge in [-0.1, -0.05) is 6.07 Å². The third-order valence-electron chi connectivity index (χ3n) is 2.55. The number of carbonyl (C=O) groups is 1. The molecular weight excluding hydrogens is 220 g/mol. The van der Waals surface area contributed by atoms with Gasteiger partial charge in [0.15, 0.2) is 0 Å². The second kappa shape index (κ2) is 5.46. The van der Waals surface area contributed by atoms with Gasteiger partial charge in [0.1, 0.15) is 0 Å². The minimum atomic E-state index is -0.430. The average molecular weight is 240 g/mol. The Morgan fingerprint density at radius 3 is 2.69 bits per heavy atom. The van der Waals surface area contributed by atoms with Gasteiger partial charge in [0.05, 0.1) is 5.41 Å². The van der Waals surface area contributed by atoms with Crippen molar-refractivity contribution < 1.29 is 4.79 Å². The first kappa shape index (κ1) is 13.2. The van der Waals surface area contributed by atoms with Gasteiger partial charge >= 0.3 is 0 Å². The van der Waals surface area contributed by atoms with Crippen LogP contribution in [0.3, 0.4) is 0 Å². The van der Waals surface area contributed by atoms with Crippen molar-refractivity contribution in [1.29, 1.82) is 0 Å². The molecule has 90 valence electrons. The summed E-state index contributed by atoms with van der Waals surface area (Å²) in [6.45, 7) is 5.49. The summed E-state index contributed by atoms with van der Waals surface area (Å²) in [5.74, 6) is 0.0943. The van der Waals surface area contributed by atoms with Crippen molar-refractivity contribution in [3.63, 3.8) is 0 Å². The molecule has 0 aliphatic rings. The van der Waals surface area contributed by atoms with E-state index in [4.69, 9.17) is 0 Å². The molecule has 0 atom stereocenters. The minimum absolute atomic E-state index is 0.0943. The fraction of sp³-hybridized carbons (Fsp3) is 0.583. The second-order valence-corrected chi connectivity index (χ2v) is 5.61. The van der Waals surface area contributed by atoms with E-state index in [1.54, 1.807) is 11.3 Å². The van der Waals surface area contributed by atoms with Crippen LogP contribution in [0.1, 0.15) is 18.7 Å². The molecule has 0 saturated heterocycles. The fourth-order valence-corrected chi connectivity index (χ4v) is 2.21. The third-order valence-corrected chi connectivity index (χ3v) is 3.74. The Bertz CT molecular complexity index is 331. The Hall–Kier alpha value is -0.870. The summed E-state index contributed by atoms with van der Waals surface area (Å²) in [6, 6.07) is 3.99. The smallest absolute Gasteiger partial charge is 0.230 e. The summed E-state index contributed by atoms with van der Waals surface area (Å²) in [6.07, 6.45) is 0. The second-order valence-electron chi connectivity index (χ2n) is 4.66. The maximum Gasteiger partial charge on any atom is 0.230 e.